The normalized spacial score (nSPS) is 21.6. The first-order valence-electron chi connectivity index (χ1n) is 6.03. The van der Waals surface area contributed by atoms with E-state index in [1.54, 1.807) is 11.3 Å². The topological polar surface area (TPSA) is 64.2 Å². The van der Waals surface area contributed by atoms with Crippen molar-refractivity contribution in [1.29, 1.82) is 0 Å². The summed E-state index contributed by atoms with van der Waals surface area (Å²) in [5.41, 5.74) is 1.09. The van der Waals surface area contributed by atoms with Gasteiger partial charge in [-0.3, -0.25) is 4.79 Å². The van der Waals surface area contributed by atoms with E-state index in [0.717, 1.165) is 35.0 Å². The van der Waals surface area contributed by atoms with Crippen molar-refractivity contribution in [2.24, 2.45) is 0 Å². The number of aryl methyl sites for hydroxylation is 1. The van der Waals surface area contributed by atoms with Crippen LogP contribution in [0.15, 0.2) is 11.1 Å². The molecule has 0 bridgehead atoms. The molecule has 0 radical (unpaired) electrons. The first-order chi connectivity index (χ1) is 8.77. The van der Waals surface area contributed by atoms with E-state index < -0.39 is 5.79 Å². The highest BCUT2D eigenvalue weighted by atomic mass is 32.1. The van der Waals surface area contributed by atoms with E-state index in [0.29, 0.717) is 13.2 Å². The summed E-state index contributed by atoms with van der Waals surface area (Å²) in [6.07, 6.45) is 3.85. The van der Waals surface area contributed by atoms with Gasteiger partial charge in [0.05, 0.1) is 24.9 Å². The summed E-state index contributed by atoms with van der Waals surface area (Å²) in [6, 6.07) is 0. The first kappa shape index (κ1) is 10.7. The maximum Gasteiger partial charge on any atom is 0.259 e. The van der Waals surface area contributed by atoms with E-state index in [2.05, 4.69) is 9.97 Å². The maximum absolute atomic E-state index is 11.9. The SMILES string of the molecule is O=c1[nH]cnc2sc3c(c12)CCC1(C3)OCCO1. The van der Waals surface area contributed by atoms with Gasteiger partial charge in [0.25, 0.3) is 5.56 Å². The van der Waals surface area contributed by atoms with Crippen LogP contribution < -0.4 is 5.56 Å². The second-order valence-electron chi connectivity index (χ2n) is 4.70. The van der Waals surface area contributed by atoms with Gasteiger partial charge in [-0.2, -0.15) is 0 Å². The van der Waals surface area contributed by atoms with Crippen LogP contribution in [0.5, 0.6) is 0 Å². The zero-order valence-corrected chi connectivity index (χ0v) is 10.5. The molecular weight excluding hydrogens is 252 g/mol. The summed E-state index contributed by atoms with van der Waals surface area (Å²) < 4.78 is 11.5. The van der Waals surface area contributed by atoms with E-state index in [1.165, 1.54) is 11.2 Å². The van der Waals surface area contributed by atoms with Crippen LogP contribution in [0, 0.1) is 0 Å². The van der Waals surface area contributed by atoms with Crippen LogP contribution >= 0.6 is 11.3 Å². The fourth-order valence-corrected chi connectivity index (χ4v) is 4.12. The molecule has 0 amide bonds. The summed E-state index contributed by atoms with van der Waals surface area (Å²) in [7, 11) is 0. The summed E-state index contributed by atoms with van der Waals surface area (Å²) in [5.74, 6) is -0.444. The van der Waals surface area contributed by atoms with E-state index >= 15 is 0 Å². The summed E-state index contributed by atoms with van der Waals surface area (Å²) in [4.78, 5) is 20.8. The number of fused-ring (bicyclic) bond motifs is 3. The van der Waals surface area contributed by atoms with Gasteiger partial charge in [0.15, 0.2) is 5.79 Å². The number of nitrogens with one attached hydrogen (secondary N) is 1. The van der Waals surface area contributed by atoms with E-state index in [9.17, 15) is 4.79 Å². The van der Waals surface area contributed by atoms with Crippen LogP contribution in [-0.2, 0) is 22.3 Å². The monoisotopic (exact) mass is 264 g/mol. The molecule has 4 rings (SSSR count). The number of rotatable bonds is 0. The standard InChI is InChI=1S/C12H12N2O3S/c15-10-9-7-1-2-12(16-3-4-17-12)5-8(7)18-11(9)14-6-13-10/h6H,1-5H2,(H,13,14,15). The van der Waals surface area contributed by atoms with E-state index in [1.807, 2.05) is 0 Å². The van der Waals surface area contributed by atoms with E-state index in [4.69, 9.17) is 9.47 Å². The molecule has 6 heteroatoms. The Morgan fingerprint density at radius 3 is 3.06 bits per heavy atom. The van der Waals surface area contributed by atoms with Crippen molar-refractivity contribution in [3.8, 4) is 0 Å². The molecule has 0 aromatic carbocycles. The molecular formula is C12H12N2O3S. The van der Waals surface area contributed by atoms with Gasteiger partial charge in [0.2, 0.25) is 0 Å². The largest absolute Gasteiger partial charge is 0.347 e. The highest BCUT2D eigenvalue weighted by molar-refractivity contribution is 7.18. The molecule has 1 aliphatic heterocycles. The minimum atomic E-state index is -0.444. The molecule has 94 valence electrons. The van der Waals surface area contributed by atoms with Gasteiger partial charge in [-0.05, 0) is 12.0 Å². The maximum atomic E-state index is 11.9. The highest BCUT2D eigenvalue weighted by Crippen LogP contribution is 2.40. The third-order valence-corrected chi connectivity index (χ3v) is 4.82. The second-order valence-corrected chi connectivity index (χ2v) is 5.78. The molecule has 2 aromatic heterocycles. The van der Waals surface area contributed by atoms with Gasteiger partial charge in [0.1, 0.15) is 4.83 Å². The van der Waals surface area contributed by atoms with Crippen molar-refractivity contribution in [1.82, 2.24) is 9.97 Å². The van der Waals surface area contributed by atoms with Gasteiger partial charge in [0, 0.05) is 17.7 Å². The number of hydrogen-bond acceptors (Lipinski definition) is 5. The Kier molecular flexibility index (Phi) is 2.15. The Hall–Kier alpha value is -1.24. The Bertz CT molecular complexity index is 670. The van der Waals surface area contributed by atoms with Crippen molar-refractivity contribution < 1.29 is 9.47 Å². The first-order valence-corrected chi connectivity index (χ1v) is 6.85. The van der Waals surface area contributed by atoms with Crippen LogP contribution in [0.4, 0.5) is 0 Å². The number of ether oxygens (including phenoxy) is 2. The molecule has 2 aromatic rings. The number of hydrogen-bond donors (Lipinski definition) is 1. The summed E-state index contributed by atoms with van der Waals surface area (Å²) in [5, 5.41) is 0.755. The number of nitrogens with zero attached hydrogens (tertiary/aromatic N) is 1. The fraction of sp³-hybridized carbons (Fsp3) is 0.500. The molecule has 2 aliphatic rings. The van der Waals surface area contributed by atoms with Gasteiger partial charge in [-0.25, -0.2) is 4.98 Å². The van der Waals surface area contributed by atoms with Crippen LogP contribution in [0.2, 0.25) is 0 Å². The van der Waals surface area contributed by atoms with Crippen LogP contribution in [0.25, 0.3) is 10.2 Å². The smallest absolute Gasteiger partial charge is 0.259 e. The quantitative estimate of drug-likeness (QED) is 0.777. The highest BCUT2D eigenvalue weighted by Gasteiger charge is 2.41. The number of thiophene rings is 1. The molecule has 0 unspecified atom stereocenters. The Morgan fingerprint density at radius 1 is 1.39 bits per heavy atom. The lowest BCUT2D eigenvalue weighted by Crippen LogP contribution is -2.36. The van der Waals surface area contributed by atoms with Gasteiger partial charge >= 0.3 is 0 Å². The van der Waals surface area contributed by atoms with Gasteiger partial charge < -0.3 is 14.5 Å². The minimum Gasteiger partial charge on any atom is -0.347 e. The molecule has 3 heterocycles. The van der Waals surface area contributed by atoms with Crippen LogP contribution in [-0.4, -0.2) is 29.0 Å². The Balaban J connectivity index is 1.88. The van der Waals surface area contributed by atoms with Crippen molar-refractivity contribution in [3.05, 3.63) is 27.1 Å². The Labute approximate surface area is 107 Å². The van der Waals surface area contributed by atoms with Gasteiger partial charge in [-0.1, -0.05) is 0 Å². The molecule has 5 nitrogen and oxygen atoms in total. The molecule has 0 atom stereocenters. The van der Waals surface area contributed by atoms with Crippen molar-refractivity contribution in [2.45, 2.75) is 25.0 Å². The molecule has 1 saturated heterocycles. The second kappa shape index (κ2) is 3.63. The molecule has 1 aliphatic carbocycles. The predicted molar refractivity (Wildman–Crippen MR) is 66.9 cm³/mol. The predicted octanol–water partition coefficient (Wildman–Crippen LogP) is 1.22. The lowest BCUT2D eigenvalue weighted by molar-refractivity contribution is -0.163. The zero-order chi connectivity index (χ0) is 12.2. The van der Waals surface area contributed by atoms with Crippen molar-refractivity contribution in [3.63, 3.8) is 0 Å². The molecule has 1 N–H and O–H groups in total. The van der Waals surface area contributed by atoms with Crippen LogP contribution in [0.3, 0.4) is 0 Å². The fourth-order valence-electron chi connectivity index (χ4n) is 2.84. The number of aromatic nitrogens is 2. The molecule has 0 saturated carbocycles. The average molecular weight is 264 g/mol. The van der Waals surface area contributed by atoms with E-state index in [-0.39, 0.29) is 5.56 Å². The third-order valence-electron chi connectivity index (χ3n) is 3.68. The summed E-state index contributed by atoms with van der Waals surface area (Å²) >= 11 is 1.58. The lowest BCUT2D eigenvalue weighted by Gasteiger charge is -2.31. The minimum absolute atomic E-state index is 0.0401. The third kappa shape index (κ3) is 1.39. The molecule has 1 fully saturated rings. The summed E-state index contributed by atoms with van der Waals surface area (Å²) in [6.45, 7) is 1.33. The molecule has 1 spiro atoms. The van der Waals surface area contributed by atoms with Crippen molar-refractivity contribution in [2.75, 3.05) is 13.2 Å². The number of H-pyrrole nitrogens is 1. The lowest BCUT2D eigenvalue weighted by atomic mass is 9.92. The average Bonchev–Trinajstić information content (AvgIpc) is 2.94. The zero-order valence-electron chi connectivity index (χ0n) is 9.69. The van der Waals surface area contributed by atoms with Gasteiger partial charge in [-0.15, -0.1) is 11.3 Å². The van der Waals surface area contributed by atoms with Crippen LogP contribution in [0.1, 0.15) is 16.9 Å². The Morgan fingerprint density at radius 2 is 2.22 bits per heavy atom. The number of aromatic amines is 1. The molecule has 18 heavy (non-hydrogen) atoms. The van der Waals surface area contributed by atoms with Crippen molar-refractivity contribution >= 4 is 21.6 Å².